The number of fused-ring (bicyclic) bond motifs is 1. The molecule has 0 aliphatic heterocycles. The monoisotopic (exact) mass is 550 g/mol. The summed E-state index contributed by atoms with van der Waals surface area (Å²) in [4.78, 5) is 29.9. The van der Waals surface area contributed by atoms with Gasteiger partial charge in [-0.05, 0) is 64.6 Å². The van der Waals surface area contributed by atoms with Crippen LogP contribution in [0.4, 0.5) is 0 Å². The molecule has 6 heteroatoms. The van der Waals surface area contributed by atoms with E-state index in [1.807, 2.05) is 60.7 Å². The van der Waals surface area contributed by atoms with Crippen LogP contribution in [0, 0.1) is 5.92 Å². The molecule has 212 valence electrons. The molecule has 41 heavy (non-hydrogen) atoms. The van der Waals surface area contributed by atoms with E-state index in [2.05, 4.69) is 38.2 Å². The summed E-state index contributed by atoms with van der Waals surface area (Å²) in [6.07, 6.45) is 5.33. The number of carboxylic acid groups (broad SMARTS) is 1. The van der Waals surface area contributed by atoms with Gasteiger partial charge in [-0.1, -0.05) is 95.0 Å². The number of hydrogen-bond acceptors (Lipinski definition) is 4. The zero-order valence-corrected chi connectivity index (χ0v) is 24.0. The number of amides is 1. The van der Waals surface area contributed by atoms with Gasteiger partial charge in [0.05, 0.1) is 12.5 Å². The Morgan fingerprint density at radius 1 is 0.951 bits per heavy atom. The standard InChI is InChI=1S/C35H38N2O4/c1-35(2,3)26-14-17-27(18-15-26)41-28-16-13-25-20-32(36-31(29(25)21-28)19-23-9-7-8-10-23)34(40)37-30(22-33(38)39)24-11-5-4-6-12-24/h4-6,11-18,20-21,23,30H,7-10,19,22H2,1-3H3,(H,37,40)(H,38,39). The van der Waals surface area contributed by atoms with Crippen molar-refractivity contribution in [3.05, 3.63) is 101 Å². The summed E-state index contributed by atoms with van der Waals surface area (Å²) in [7, 11) is 0. The molecule has 1 amide bonds. The summed E-state index contributed by atoms with van der Waals surface area (Å²) in [5.74, 6) is 0.659. The molecule has 5 rings (SSSR count). The molecule has 1 saturated carbocycles. The predicted molar refractivity (Wildman–Crippen MR) is 162 cm³/mol. The number of carbonyl (C=O) groups excluding carboxylic acids is 1. The van der Waals surface area contributed by atoms with E-state index >= 15 is 0 Å². The van der Waals surface area contributed by atoms with E-state index < -0.39 is 12.0 Å². The molecule has 6 nitrogen and oxygen atoms in total. The van der Waals surface area contributed by atoms with E-state index in [9.17, 15) is 14.7 Å². The second kappa shape index (κ2) is 12.1. The molecule has 1 aliphatic carbocycles. The molecule has 1 heterocycles. The molecule has 1 aliphatic rings. The van der Waals surface area contributed by atoms with Crippen LogP contribution in [-0.4, -0.2) is 22.0 Å². The van der Waals surface area contributed by atoms with Crippen molar-refractivity contribution in [3.63, 3.8) is 0 Å². The smallest absolute Gasteiger partial charge is 0.305 e. The third-order valence-corrected chi connectivity index (χ3v) is 7.91. The fourth-order valence-electron chi connectivity index (χ4n) is 5.62. The minimum atomic E-state index is -0.979. The average Bonchev–Trinajstić information content (AvgIpc) is 3.46. The molecular formula is C35H38N2O4. The van der Waals surface area contributed by atoms with E-state index in [4.69, 9.17) is 9.72 Å². The molecule has 0 bridgehead atoms. The lowest BCUT2D eigenvalue weighted by Gasteiger charge is -2.19. The van der Waals surface area contributed by atoms with Crippen molar-refractivity contribution >= 4 is 22.6 Å². The number of carbonyl (C=O) groups is 2. The fourth-order valence-corrected chi connectivity index (χ4v) is 5.62. The van der Waals surface area contributed by atoms with Crippen LogP contribution in [0.3, 0.4) is 0 Å². The Labute approximate surface area is 241 Å². The van der Waals surface area contributed by atoms with Crippen molar-refractivity contribution in [3.8, 4) is 11.5 Å². The third-order valence-electron chi connectivity index (χ3n) is 7.91. The summed E-state index contributed by atoms with van der Waals surface area (Å²) >= 11 is 0. The quantitative estimate of drug-likeness (QED) is 0.220. The maximum atomic E-state index is 13.5. The highest BCUT2D eigenvalue weighted by molar-refractivity contribution is 5.98. The minimum Gasteiger partial charge on any atom is -0.481 e. The number of nitrogens with zero attached hydrogens (tertiary/aromatic N) is 1. The van der Waals surface area contributed by atoms with Gasteiger partial charge in [0, 0.05) is 11.1 Å². The maximum Gasteiger partial charge on any atom is 0.305 e. The molecule has 0 radical (unpaired) electrons. The maximum absolute atomic E-state index is 13.5. The zero-order chi connectivity index (χ0) is 29.0. The van der Waals surface area contributed by atoms with Crippen LogP contribution in [0.5, 0.6) is 11.5 Å². The van der Waals surface area contributed by atoms with Gasteiger partial charge in [-0.3, -0.25) is 9.59 Å². The number of aromatic nitrogens is 1. The van der Waals surface area contributed by atoms with Crippen molar-refractivity contribution in [1.82, 2.24) is 10.3 Å². The first kappa shape index (κ1) is 28.3. The number of nitrogens with one attached hydrogen (secondary N) is 1. The van der Waals surface area contributed by atoms with Gasteiger partial charge in [-0.2, -0.15) is 0 Å². The minimum absolute atomic E-state index is 0.0705. The second-order valence-electron chi connectivity index (χ2n) is 12.1. The summed E-state index contributed by atoms with van der Waals surface area (Å²) in [5.41, 5.74) is 3.23. The largest absolute Gasteiger partial charge is 0.481 e. The molecular weight excluding hydrogens is 512 g/mol. The van der Waals surface area contributed by atoms with Gasteiger partial charge in [0.2, 0.25) is 0 Å². The van der Waals surface area contributed by atoms with Gasteiger partial charge in [0.15, 0.2) is 0 Å². The molecule has 4 aromatic rings. The van der Waals surface area contributed by atoms with Crippen LogP contribution in [0.15, 0.2) is 78.9 Å². The van der Waals surface area contributed by atoms with E-state index in [1.54, 1.807) is 6.07 Å². The Morgan fingerprint density at radius 3 is 2.29 bits per heavy atom. The van der Waals surface area contributed by atoms with Crippen molar-refractivity contribution in [2.45, 2.75) is 70.8 Å². The van der Waals surface area contributed by atoms with Crippen LogP contribution in [0.1, 0.15) is 86.2 Å². The van der Waals surface area contributed by atoms with Crippen molar-refractivity contribution in [2.75, 3.05) is 0 Å². The van der Waals surface area contributed by atoms with E-state index in [-0.39, 0.29) is 17.7 Å². The highest BCUT2D eigenvalue weighted by Gasteiger charge is 2.23. The lowest BCUT2D eigenvalue weighted by molar-refractivity contribution is -0.137. The average molecular weight is 551 g/mol. The highest BCUT2D eigenvalue weighted by Crippen LogP contribution is 2.33. The second-order valence-corrected chi connectivity index (χ2v) is 12.1. The Bertz CT molecular complexity index is 1520. The first-order valence-electron chi connectivity index (χ1n) is 14.5. The molecule has 1 aromatic heterocycles. The Morgan fingerprint density at radius 2 is 1.63 bits per heavy atom. The number of aliphatic carboxylic acids is 1. The van der Waals surface area contributed by atoms with Crippen LogP contribution in [0.25, 0.3) is 10.8 Å². The van der Waals surface area contributed by atoms with Gasteiger partial charge >= 0.3 is 5.97 Å². The molecule has 1 atom stereocenters. The summed E-state index contributed by atoms with van der Waals surface area (Å²) in [6, 6.07) is 24.4. The van der Waals surface area contributed by atoms with Gasteiger partial charge in [-0.15, -0.1) is 0 Å². The highest BCUT2D eigenvalue weighted by atomic mass is 16.5. The number of pyridine rings is 1. The molecule has 1 fully saturated rings. The van der Waals surface area contributed by atoms with Crippen LogP contribution >= 0.6 is 0 Å². The number of hydrogen-bond donors (Lipinski definition) is 2. The fraction of sp³-hybridized carbons (Fsp3) is 0.343. The zero-order valence-electron chi connectivity index (χ0n) is 24.0. The molecule has 2 N–H and O–H groups in total. The van der Waals surface area contributed by atoms with Gasteiger partial charge in [0.25, 0.3) is 5.91 Å². The first-order chi connectivity index (χ1) is 19.7. The van der Waals surface area contributed by atoms with Crippen LogP contribution < -0.4 is 10.1 Å². The normalized spacial score (nSPS) is 14.6. The van der Waals surface area contributed by atoms with E-state index in [0.717, 1.165) is 52.8 Å². The van der Waals surface area contributed by atoms with Crippen LogP contribution in [0.2, 0.25) is 0 Å². The summed E-state index contributed by atoms with van der Waals surface area (Å²) < 4.78 is 6.23. The summed E-state index contributed by atoms with van der Waals surface area (Å²) in [6.45, 7) is 6.56. The number of rotatable bonds is 9. The SMILES string of the molecule is CC(C)(C)c1ccc(Oc2ccc3cc(C(=O)NC(CC(=O)O)c4ccccc4)nc(CC4CCCC4)c3c2)cc1. The molecule has 0 spiro atoms. The molecule has 1 unspecified atom stereocenters. The van der Waals surface area contributed by atoms with Crippen molar-refractivity contribution < 1.29 is 19.4 Å². The van der Waals surface area contributed by atoms with Crippen LogP contribution in [-0.2, 0) is 16.6 Å². The topological polar surface area (TPSA) is 88.5 Å². The van der Waals surface area contributed by atoms with Crippen molar-refractivity contribution in [1.29, 1.82) is 0 Å². The number of benzene rings is 3. The lowest BCUT2D eigenvalue weighted by Crippen LogP contribution is -2.31. The van der Waals surface area contributed by atoms with Gasteiger partial charge in [0.1, 0.15) is 17.2 Å². The first-order valence-corrected chi connectivity index (χ1v) is 14.5. The van der Waals surface area contributed by atoms with Crippen molar-refractivity contribution in [2.24, 2.45) is 5.92 Å². The number of ether oxygens (including phenoxy) is 1. The van der Waals surface area contributed by atoms with Gasteiger partial charge < -0.3 is 15.2 Å². The molecule has 0 saturated heterocycles. The van der Waals surface area contributed by atoms with Gasteiger partial charge in [-0.25, -0.2) is 4.98 Å². The Hall–Kier alpha value is -4.19. The lowest BCUT2D eigenvalue weighted by atomic mass is 9.87. The predicted octanol–water partition coefficient (Wildman–Crippen LogP) is 8.00. The Kier molecular flexibility index (Phi) is 8.39. The Balaban J connectivity index is 1.45. The number of carboxylic acids is 1. The summed E-state index contributed by atoms with van der Waals surface area (Å²) in [5, 5.41) is 14.3. The molecule has 3 aromatic carbocycles. The third kappa shape index (κ3) is 7.12. The van der Waals surface area contributed by atoms with E-state index in [0.29, 0.717) is 11.6 Å². The van der Waals surface area contributed by atoms with E-state index in [1.165, 1.54) is 18.4 Å².